The van der Waals surface area contributed by atoms with Crippen LogP contribution in [0.3, 0.4) is 0 Å². The molecule has 0 amide bonds. The molecule has 0 aromatic rings. The lowest BCUT2D eigenvalue weighted by Gasteiger charge is -2.39. The van der Waals surface area contributed by atoms with E-state index in [-0.39, 0.29) is 19.3 Å². The third-order valence-electron chi connectivity index (χ3n) is 10.6. The summed E-state index contributed by atoms with van der Waals surface area (Å²) in [6.07, 6.45) is 35.5. The van der Waals surface area contributed by atoms with Crippen molar-refractivity contribution in [2.45, 2.75) is 250 Å². The van der Waals surface area contributed by atoms with Crippen LogP contribution in [0.25, 0.3) is 0 Å². The molecule has 6 heteroatoms. The molecule has 290 valence electrons. The highest BCUT2D eigenvalue weighted by Crippen LogP contribution is 2.31. The average molecular weight is 695 g/mol. The highest BCUT2D eigenvalue weighted by molar-refractivity contribution is 6.16. The van der Waals surface area contributed by atoms with Crippen LogP contribution in [0.15, 0.2) is 0 Å². The molecule has 0 rings (SSSR count). The Morgan fingerprint density at radius 2 is 0.592 bits per heavy atom. The van der Waals surface area contributed by atoms with Gasteiger partial charge in [0.1, 0.15) is 0 Å². The monoisotopic (exact) mass is 695 g/mol. The smallest absolute Gasteiger partial charge is 0.219 e. The predicted molar refractivity (Wildman–Crippen MR) is 206 cm³/mol. The third-order valence-corrected chi connectivity index (χ3v) is 10.6. The van der Waals surface area contributed by atoms with Gasteiger partial charge in [-0.25, -0.2) is 0 Å². The van der Waals surface area contributed by atoms with Crippen LogP contribution in [0.5, 0.6) is 0 Å². The van der Waals surface area contributed by atoms with Gasteiger partial charge in [-0.05, 0) is 19.3 Å². The van der Waals surface area contributed by atoms with Crippen LogP contribution in [0.4, 0.5) is 0 Å². The molecule has 0 saturated heterocycles. The van der Waals surface area contributed by atoms with Crippen molar-refractivity contribution >= 4 is 17.3 Å². The summed E-state index contributed by atoms with van der Waals surface area (Å²) in [7, 11) is 0. The first-order valence-corrected chi connectivity index (χ1v) is 21.4. The fraction of sp³-hybridized carbons (Fsp3) is 0.930. The maximum Gasteiger partial charge on any atom is 0.219 e. The number of hydrogen-bond acceptors (Lipinski definition) is 6. The summed E-state index contributed by atoms with van der Waals surface area (Å²) < 4.78 is 0. The zero-order valence-corrected chi connectivity index (χ0v) is 32.8. The van der Waals surface area contributed by atoms with Gasteiger partial charge in [0.05, 0.1) is 6.61 Å². The molecule has 2 atom stereocenters. The van der Waals surface area contributed by atoms with Gasteiger partial charge in [0, 0.05) is 19.3 Å². The summed E-state index contributed by atoms with van der Waals surface area (Å²) in [4.78, 5) is 39.7. The maximum absolute atomic E-state index is 13.3. The molecule has 0 radical (unpaired) electrons. The summed E-state index contributed by atoms with van der Waals surface area (Å²) in [5, 5.41) is 33.0. The Balaban J connectivity index is 4.42. The van der Waals surface area contributed by atoms with Crippen LogP contribution in [0.1, 0.15) is 239 Å². The lowest BCUT2D eigenvalue weighted by atomic mass is 9.71. The molecule has 0 bridgehead atoms. The molecular formula is C43H82O6. The molecule has 0 aliphatic rings. The highest BCUT2D eigenvalue weighted by atomic mass is 16.4. The maximum atomic E-state index is 13.3. The van der Waals surface area contributed by atoms with Gasteiger partial charge in [0.25, 0.3) is 0 Å². The molecule has 0 fully saturated rings. The van der Waals surface area contributed by atoms with E-state index in [9.17, 15) is 29.7 Å². The second-order valence-corrected chi connectivity index (χ2v) is 15.1. The van der Waals surface area contributed by atoms with E-state index in [0.717, 1.165) is 38.5 Å². The Hall–Kier alpha value is -1.11. The Labute approximate surface area is 303 Å². The van der Waals surface area contributed by atoms with Gasteiger partial charge < -0.3 is 15.3 Å². The van der Waals surface area contributed by atoms with Crippen molar-refractivity contribution in [3.8, 4) is 0 Å². The average Bonchev–Trinajstić information content (AvgIpc) is 3.10. The van der Waals surface area contributed by atoms with Gasteiger partial charge in [0.2, 0.25) is 5.60 Å². The van der Waals surface area contributed by atoms with Crippen molar-refractivity contribution in [3.05, 3.63) is 0 Å². The second-order valence-electron chi connectivity index (χ2n) is 15.1. The fourth-order valence-corrected chi connectivity index (χ4v) is 7.13. The predicted octanol–water partition coefficient (Wildman–Crippen LogP) is 11.5. The quantitative estimate of drug-likeness (QED) is 0.0436. The van der Waals surface area contributed by atoms with E-state index in [2.05, 4.69) is 13.8 Å². The number of carbonyl (C=O) groups is 3. The summed E-state index contributed by atoms with van der Waals surface area (Å²) in [6.45, 7) is 5.09. The number of ketones is 3. The van der Waals surface area contributed by atoms with Crippen LogP contribution in [0, 0.1) is 0 Å². The van der Waals surface area contributed by atoms with Crippen molar-refractivity contribution in [2.75, 3.05) is 6.61 Å². The first-order valence-electron chi connectivity index (χ1n) is 21.4. The van der Waals surface area contributed by atoms with Crippen LogP contribution in [-0.4, -0.2) is 50.5 Å². The molecule has 0 aromatic carbocycles. The van der Waals surface area contributed by atoms with Crippen LogP contribution in [-0.2, 0) is 14.4 Å². The van der Waals surface area contributed by atoms with Crippen molar-refractivity contribution in [2.24, 2.45) is 0 Å². The van der Waals surface area contributed by atoms with E-state index < -0.39 is 35.2 Å². The minimum absolute atomic E-state index is 0.0801. The van der Waals surface area contributed by atoms with E-state index >= 15 is 0 Å². The largest absolute Gasteiger partial charge is 0.393 e. The molecule has 0 aliphatic carbocycles. The summed E-state index contributed by atoms with van der Waals surface area (Å²) >= 11 is 0. The number of rotatable bonds is 39. The summed E-state index contributed by atoms with van der Waals surface area (Å²) in [5.74, 6) is -2.54. The first-order chi connectivity index (χ1) is 23.8. The van der Waals surface area contributed by atoms with Crippen molar-refractivity contribution in [1.29, 1.82) is 0 Å². The molecule has 6 nitrogen and oxygen atoms in total. The Bertz CT molecular complexity index is 797. The van der Waals surface area contributed by atoms with Crippen molar-refractivity contribution in [3.63, 3.8) is 0 Å². The van der Waals surface area contributed by atoms with Crippen LogP contribution >= 0.6 is 0 Å². The minimum atomic E-state index is -2.90. The first kappa shape index (κ1) is 47.9. The molecule has 0 spiro atoms. The number of aliphatic hydroxyl groups is 3. The third kappa shape index (κ3) is 21.8. The molecular weight excluding hydrogens is 612 g/mol. The Morgan fingerprint density at radius 3 is 0.857 bits per heavy atom. The Kier molecular flexibility index (Phi) is 32.0. The standard InChI is InChI=1S/C43H82O6/c1-4-7-9-11-13-15-17-19-21-23-25-27-29-31-33-36-39(45)42(48,38-44)43(49,40(46)35-6-3)41(47)37-34-32-30-28-26-24-22-20-18-16-14-12-10-8-5-2/h44,48-49H,4-38H2,1-3H3. The normalized spacial score (nSPS) is 14.1. The molecule has 3 N–H and O–H groups in total. The minimum Gasteiger partial charge on any atom is -0.393 e. The molecule has 2 unspecified atom stereocenters. The molecule has 0 aromatic heterocycles. The summed E-state index contributed by atoms with van der Waals surface area (Å²) in [6, 6.07) is 0. The van der Waals surface area contributed by atoms with Gasteiger partial charge in [-0.15, -0.1) is 0 Å². The summed E-state index contributed by atoms with van der Waals surface area (Å²) in [5.41, 5.74) is -5.71. The number of carbonyl (C=O) groups excluding carboxylic acids is 3. The van der Waals surface area contributed by atoms with Crippen molar-refractivity contribution < 1.29 is 29.7 Å². The van der Waals surface area contributed by atoms with Crippen molar-refractivity contribution in [1.82, 2.24) is 0 Å². The zero-order valence-electron chi connectivity index (χ0n) is 32.8. The zero-order chi connectivity index (χ0) is 36.5. The topological polar surface area (TPSA) is 112 Å². The van der Waals surface area contributed by atoms with Gasteiger partial charge in [-0.1, -0.05) is 201 Å². The SMILES string of the molecule is CCCCCCCCCCCCCCCCCC(=O)C(O)(CO)C(O)(C(=O)CCC)C(=O)CCCCCCCCCCCCCCCCC. The molecule has 0 heterocycles. The van der Waals surface area contributed by atoms with E-state index in [1.807, 2.05) is 0 Å². The fourth-order valence-electron chi connectivity index (χ4n) is 7.13. The van der Waals surface area contributed by atoms with E-state index in [1.54, 1.807) is 6.92 Å². The second kappa shape index (κ2) is 32.8. The van der Waals surface area contributed by atoms with Gasteiger partial charge in [-0.2, -0.15) is 0 Å². The van der Waals surface area contributed by atoms with E-state index in [0.29, 0.717) is 19.3 Å². The lowest BCUT2D eigenvalue weighted by Crippen LogP contribution is -2.69. The highest BCUT2D eigenvalue weighted by Gasteiger charge is 2.62. The van der Waals surface area contributed by atoms with Crippen LogP contribution < -0.4 is 0 Å². The molecule has 0 saturated carbocycles. The van der Waals surface area contributed by atoms with E-state index in [1.165, 1.54) is 141 Å². The number of aliphatic hydroxyl groups excluding tert-OH is 1. The lowest BCUT2D eigenvalue weighted by molar-refractivity contribution is -0.194. The van der Waals surface area contributed by atoms with E-state index in [4.69, 9.17) is 0 Å². The Morgan fingerprint density at radius 1 is 0.347 bits per heavy atom. The van der Waals surface area contributed by atoms with Gasteiger partial charge in [0.15, 0.2) is 23.0 Å². The molecule has 49 heavy (non-hydrogen) atoms. The number of Topliss-reactive ketones (excluding diaryl/α,β-unsaturated/α-hetero) is 3. The molecule has 0 aliphatic heterocycles. The number of unbranched alkanes of at least 4 members (excludes halogenated alkanes) is 28. The van der Waals surface area contributed by atoms with Gasteiger partial charge in [-0.3, -0.25) is 14.4 Å². The van der Waals surface area contributed by atoms with Crippen LogP contribution in [0.2, 0.25) is 0 Å². The van der Waals surface area contributed by atoms with Gasteiger partial charge >= 0.3 is 0 Å². The number of hydrogen-bond donors (Lipinski definition) is 3.